The smallest absolute Gasteiger partial charge is 0.384 e. The number of ketones is 1. The average molecular weight is 690 g/mol. The van der Waals surface area contributed by atoms with Crippen molar-refractivity contribution < 1.29 is 40.7 Å². The third-order valence-electron chi connectivity index (χ3n) is 7.91. The van der Waals surface area contributed by atoms with E-state index in [1.54, 1.807) is 34.5 Å². The predicted molar refractivity (Wildman–Crippen MR) is 165 cm³/mol. The number of hydrogen-bond donors (Lipinski definition) is 2. The number of aromatic amines is 1. The summed E-state index contributed by atoms with van der Waals surface area (Å²) in [6.45, 7) is 0.718. The molecule has 1 unspecified atom stereocenters. The van der Waals surface area contributed by atoms with Crippen molar-refractivity contribution in [2.45, 2.75) is 30.7 Å². The molecule has 46 heavy (non-hydrogen) atoms. The number of likely N-dealkylation sites (N-methyl/N-ethyl adjacent to an activating group) is 1. The molecule has 3 heterocycles. The third kappa shape index (κ3) is 7.32. The zero-order valence-electron chi connectivity index (χ0n) is 24.6. The minimum absolute atomic E-state index is 0. The number of nitrogens with zero attached hydrogens (tertiary/aromatic N) is 3. The van der Waals surface area contributed by atoms with Gasteiger partial charge in [0.1, 0.15) is 11.4 Å². The molecule has 0 saturated carbocycles. The number of ether oxygens (including phenoxy) is 1. The molecule has 2 N–H and O–H groups in total. The van der Waals surface area contributed by atoms with E-state index in [0.717, 1.165) is 22.2 Å². The van der Waals surface area contributed by atoms with Gasteiger partial charge < -0.3 is 19.9 Å². The SMILES string of the molecule is COCCC(=O)Nc1nc(N2CCN(C)C(Cc3c[nH]c4ccccc34)(C(=O)c3cc(C(F)(F)F)cc(C(F)(F)F)c3)C2)cs1.Cl. The number of nitrogens with one attached hydrogen (secondary N) is 2. The second kappa shape index (κ2) is 13.6. The van der Waals surface area contributed by atoms with Gasteiger partial charge in [-0.2, -0.15) is 26.3 Å². The summed E-state index contributed by atoms with van der Waals surface area (Å²) in [6, 6.07) is 8.24. The van der Waals surface area contributed by atoms with E-state index in [0.29, 0.717) is 35.2 Å². The first-order valence-corrected chi connectivity index (χ1v) is 14.7. The second-order valence-electron chi connectivity index (χ2n) is 10.8. The summed E-state index contributed by atoms with van der Waals surface area (Å²) in [6.07, 6.45) is -8.45. The summed E-state index contributed by atoms with van der Waals surface area (Å²) in [5.41, 5.74) is -3.99. The lowest BCUT2D eigenvalue weighted by molar-refractivity contribution is -0.143. The minimum Gasteiger partial charge on any atom is -0.384 e. The van der Waals surface area contributed by atoms with Gasteiger partial charge in [0.2, 0.25) is 5.91 Å². The molecule has 1 fully saturated rings. The molecule has 5 rings (SSSR count). The van der Waals surface area contributed by atoms with Crippen LogP contribution in [0.4, 0.5) is 37.3 Å². The largest absolute Gasteiger partial charge is 0.416 e. The maximum Gasteiger partial charge on any atom is 0.416 e. The number of carbonyl (C=O) groups is 2. The lowest BCUT2D eigenvalue weighted by Gasteiger charge is -2.48. The van der Waals surface area contributed by atoms with Crippen LogP contribution in [0, 0.1) is 0 Å². The normalized spacial score (nSPS) is 17.6. The van der Waals surface area contributed by atoms with Gasteiger partial charge in [-0.1, -0.05) is 18.2 Å². The molecule has 0 bridgehead atoms. The fourth-order valence-corrected chi connectivity index (χ4v) is 6.24. The van der Waals surface area contributed by atoms with Gasteiger partial charge in [-0.25, -0.2) is 4.98 Å². The Morgan fingerprint density at radius 1 is 1.07 bits per heavy atom. The summed E-state index contributed by atoms with van der Waals surface area (Å²) < 4.78 is 87.7. The molecule has 0 aliphatic carbocycles. The third-order valence-corrected chi connectivity index (χ3v) is 8.66. The van der Waals surface area contributed by atoms with E-state index in [1.807, 2.05) is 18.2 Å². The molecule has 4 aromatic rings. The van der Waals surface area contributed by atoms with Crippen LogP contribution in [0.25, 0.3) is 10.9 Å². The maximum atomic E-state index is 14.5. The second-order valence-corrected chi connectivity index (χ2v) is 11.7. The van der Waals surface area contributed by atoms with Crippen molar-refractivity contribution in [2.75, 3.05) is 50.6 Å². The van der Waals surface area contributed by atoms with Crippen molar-refractivity contribution in [3.63, 3.8) is 0 Å². The monoisotopic (exact) mass is 689 g/mol. The number of para-hydroxylation sites is 1. The standard InChI is InChI=1S/C30H29F6N5O3S.ClH/c1-40-8-9-41(24-16-45-27(38-24)39-25(42)7-10-44-2)17-28(40,14-19-15-37-23-6-4-3-5-22(19)23)26(43)18-11-20(29(31,32)33)13-21(12-18)30(34,35)36;/h3-6,11-13,15-16,37H,7-10,14,17H2,1-2H3,(H,38,39,42);1H. The Morgan fingerprint density at radius 2 is 1.74 bits per heavy atom. The molecular formula is C30H30ClF6N5O3S. The number of amides is 1. The van der Waals surface area contributed by atoms with E-state index >= 15 is 0 Å². The number of rotatable bonds is 9. The van der Waals surface area contributed by atoms with Crippen LogP contribution < -0.4 is 10.2 Å². The number of carbonyl (C=O) groups excluding carboxylic acids is 2. The summed E-state index contributed by atoms with van der Waals surface area (Å²) in [5, 5.41) is 5.42. The summed E-state index contributed by atoms with van der Waals surface area (Å²) in [4.78, 5) is 37.7. The Bertz CT molecular complexity index is 1680. The van der Waals surface area contributed by atoms with Crippen molar-refractivity contribution in [2.24, 2.45) is 0 Å². The Morgan fingerprint density at radius 3 is 2.39 bits per heavy atom. The topological polar surface area (TPSA) is 90.6 Å². The van der Waals surface area contributed by atoms with E-state index in [2.05, 4.69) is 15.3 Å². The van der Waals surface area contributed by atoms with Crippen molar-refractivity contribution in [3.05, 3.63) is 76.3 Å². The highest BCUT2D eigenvalue weighted by molar-refractivity contribution is 7.14. The number of halogens is 7. The van der Waals surface area contributed by atoms with Crippen LogP contribution >= 0.6 is 23.7 Å². The first-order valence-electron chi connectivity index (χ1n) is 13.8. The van der Waals surface area contributed by atoms with Gasteiger partial charge in [-0.3, -0.25) is 14.5 Å². The first kappa shape index (κ1) is 35.2. The Kier molecular flexibility index (Phi) is 10.4. The lowest BCUT2D eigenvalue weighted by atomic mass is 9.79. The molecule has 2 aromatic heterocycles. The van der Waals surface area contributed by atoms with Crippen LogP contribution in [0.5, 0.6) is 0 Å². The van der Waals surface area contributed by atoms with Crippen molar-refractivity contribution in [1.29, 1.82) is 0 Å². The molecule has 1 aliphatic rings. The number of Topliss-reactive ketones (excluding diaryl/α,β-unsaturated/α-hetero) is 1. The highest BCUT2D eigenvalue weighted by Crippen LogP contribution is 2.39. The maximum absolute atomic E-state index is 14.5. The minimum atomic E-state index is -5.12. The molecule has 1 saturated heterocycles. The molecule has 1 aliphatic heterocycles. The van der Waals surface area contributed by atoms with Crippen LogP contribution in [-0.2, 0) is 28.3 Å². The van der Waals surface area contributed by atoms with Crippen LogP contribution in [0.15, 0.2) is 54.0 Å². The Balaban J connectivity index is 0.00000480. The molecule has 8 nitrogen and oxygen atoms in total. The van der Waals surface area contributed by atoms with Crippen molar-refractivity contribution >= 4 is 57.3 Å². The van der Waals surface area contributed by atoms with Gasteiger partial charge in [0.15, 0.2) is 10.9 Å². The Hall–Kier alpha value is -3.66. The van der Waals surface area contributed by atoms with Gasteiger partial charge in [-0.05, 0) is 36.9 Å². The number of benzene rings is 2. The predicted octanol–water partition coefficient (Wildman–Crippen LogP) is 6.68. The molecule has 0 radical (unpaired) electrons. The zero-order chi connectivity index (χ0) is 32.6. The van der Waals surface area contributed by atoms with Gasteiger partial charge in [-0.15, -0.1) is 23.7 Å². The highest BCUT2D eigenvalue weighted by atomic mass is 35.5. The van der Waals surface area contributed by atoms with Crippen LogP contribution in [-0.4, -0.2) is 72.5 Å². The number of alkyl halides is 6. The quantitative estimate of drug-likeness (QED) is 0.151. The molecule has 0 spiro atoms. The van der Waals surface area contributed by atoms with E-state index in [1.165, 1.54) is 7.11 Å². The van der Waals surface area contributed by atoms with E-state index < -0.39 is 40.4 Å². The molecule has 1 atom stereocenters. The molecule has 2 aromatic carbocycles. The van der Waals surface area contributed by atoms with Gasteiger partial charge >= 0.3 is 12.4 Å². The summed E-state index contributed by atoms with van der Waals surface area (Å²) in [5.74, 6) is -0.795. The number of methoxy groups -OCH3 is 1. The van der Waals surface area contributed by atoms with Gasteiger partial charge in [0.05, 0.1) is 24.2 Å². The number of fused-ring (bicyclic) bond motifs is 1. The van der Waals surface area contributed by atoms with Gasteiger partial charge in [0, 0.05) is 61.2 Å². The molecule has 1 amide bonds. The fourth-order valence-electron chi connectivity index (χ4n) is 5.50. The number of anilines is 2. The first-order chi connectivity index (χ1) is 21.2. The lowest BCUT2D eigenvalue weighted by Crippen LogP contribution is -2.66. The zero-order valence-corrected chi connectivity index (χ0v) is 26.2. The van der Waals surface area contributed by atoms with Crippen molar-refractivity contribution in [1.82, 2.24) is 14.9 Å². The summed E-state index contributed by atoms with van der Waals surface area (Å²) >= 11 is 1.15. The number of aromatic nitrogens is 2. The number of hydrogen-bond acceptors (Lipinski definition) is 7. The van der Waals surface area contributed by atoms with E-state index in [9.17, 15) is 35.9 Å². The van der Waals surface area contributed by atoms with Crippen molar-refractivity contribution in [3.8, 4) is 0 Å². The van der Waals surface area contributed by atoms with Crippen LogP contribution in [0.2, 0.25) is 0 Å². The highest BCUT2D eigenvalue weighted by Gasteiger charge is 2.48. The average Bonchev–Trinajstić information content (AvgIpc) is 3.63. The van der Waals surface area contributed by atoms with E-state index in [4.69, 9.17) is 4.74 Å². The summed E-state index contributed by atoms with van der Waals surface area (Å²) in [7, 11) is 3.10. The molecule has 248 valence electrons. The number of piperazine rings is 1. The number of thiazole rings is 1. The van der Waals surface area contributed by atoms with Crippen LogP contribution in [0.1, 0.15) is 33.5 Å². The molecule has 16 heteroatoms. The van der Waals surface area contributed by atoms with E-state index in [-0.39, 0.29) is 56.9 Å². The Labute approximate surface area is 270 Å². The fraction of sp³-hybridized carbons (Fsp3) is 0.367. The molecular weight excluding hydrogens is 660 g/mol. The van der Waals surface area contributed by atoms with Crippen LogP contribution in [0.3, 0.4) is 0 Å². The number of H-pyrrole nitrogens is 1. The van der Waals surface area contributed by atoms with Gasteiger partial charge in [0.25, 0.3) is 0 Å².